The first-order chi connectivity index (χ1) is 16.7. The fraction of sp³-hybridized carbons (Fsp3) is 0.483. The van der Waals surface area contributed by atoms with Crippen molar-refractivity contribution in [3.8, 4) is 0 Å². The molecule has 34 heavy (non-hydrogen) atoms. The van der Waals surface area contributed by atoms with Crippen molar-refractivity contribution in [3.63, 3.8) is 0 Å². The first-order valence-electron chi connectivity index (χ1n) is 12.9. The summed E-state index contributed by atoms with van der Waals surface area (Å²) in [5, 5.41) is 4.51. The van der Waals surface area contributed by atoms with Crippen LogP contribution < -0.4 is 5.32 Å². The zero-order chi connectivity index (χ0) is 23.8. The third-order valence-corrected chi connectivity index (χ3v) is 6.79. The van der Waals surface area contributed by atoms with Gasteiger partial charge in [-0.05, 0) is 50.8 Å². The lowest BCUT2D eigenvalue weighted by Crippen LogP contribution is -2.41. The Morgan fingerprint density at radius 1 is 1.09 bits per heavy atom. The van der Waals surface area contributed by atoms with Crippen molar-refractivity contribution in [2.75, 3.05) is 26.2 Å². The summed E-state index contributed by atoms with van der Waals surface area (Å²) in [5.74, 6) is 0.942. The number of ether oxygens (including phenoxy) is 1. The van der Waals surface area contributed by atoms with E-state index in [2.05, 4.69) is 43.4 Å². The zero-order valence-corrected chi connectivity index (χ0v) is 20.6. The van der Waals surface area contributed by atoms with Gasteiger partial charge in [0.25, 0.3) is 5.91 Å². The first-order valence-corrected chi connectivity index (χ1v) is 12.9. The lowest BCUT2D eigenvalue weighted by molar-refractivity contribution is 0.00780. The Morgan fingerprint density at radius 3 is 2.59 bits per heavy atom. The van der Waals surface area contributed by atoms with Crippen LogP contribution in [0.4, 0.5) is 0 Å². The minimum Gasteiger partial charge on any atom is -0.460 e. The van der Waals surface area contributed by atoms with E-state index in [1.54, 1.807) is 0 Å². The number of hydrogen-bond donors (Lipinski definition) is 1. The molecule has 1 aliphatic heterocycles. The number of para-hydroxylation sites is 1. The Hall–Kier alpha value is -2.63. The van der Waals surface area contributed by atoms with Crippen molar-refractivity contribution in [1.29, 1.82) is 0 Å². The van der Waals surface area contributed by atoms with Gasteiger partial charge < -0.3 is 19.4 Å². The number of fused-ring (bicyclic) bond motifs is 1. The molecule has 182 valence electrons. The third kappa shape index (κ3) is 6.08. The van der Waals surface area contributed by atoms with Crippen molar-refractivity contribution in [1.82, 2.24) is 10.2 Å². The van der Waals surface area contributed by atoms with E-state index in [1.807, 2.05) is 35.2 Å². The number of aryl methyl sites for hydroxylation is 1. The van der Waals surface area contributed by atoms with Gasteiger partial charge in [-0.25, -0.2) is 0 Å². The van der Waals surface area contributed by atoms with Crippen LogP contribution in [0, 0.1) is 0 Å². The molecule has 1 atom stereocenters. The lowest BCUT2D eigenvalue weighted by Gasteiger charge is -2.32. The van der Waals surface area contributed by atoms with E-state index in [4.69, 9.17) is 9.15 Å². The number of furan rings is 1. The maximum Gasteiger partial charge on any atom is 0.258 e. The molecule has 0 spiro atoms. The van der Waals surface area contributed by atoms with Gasteiger partial charge in [0, 0.05) is 37.5 Å². The average molecular weight is 463 g/mol. The van der Waals surface area contributed by atoms with E-state index in [-0.39, 0.29) is 12.0 Å². The second-order valence-corrected chi connectivity index (χ2v) is 9.30. The van der Waals surface area contributed by atoms with E-state index < -0.39 is 0 Å². The van der Waals surface area contributed by atoms with Crippen LogP contribution in [0.3, 0.4) is 0 Å². The van der Waals surface area contributed by atoms with Gasteiger partial charge in [0.15, 0.2) is 0 Å². The number of rotatable bonds is 11. The minimum absolute atomic E-state index is 0.105. The predicted octanol–water partition coefficient (Wildman–Crippen LogP) is 6.14. The number of unbranched alkanes of at least 4 members (excludes halogenated alkanes) is 1. The summed E-state index contributed by atoms with van der Waals surface area (Å²) in [6.45, 7) is 7.51. The summed E-state index contributed by atoms with van der Waals surface area (Å²) < 4.78 is 12.2. The smallest absolute Gasteiger partial charge is 0.258 e. The Balaban J connectivity index is 1.23. The zero-order valence-electron chi connectivity index (χ0n) is 20.6. The summed E-state index contributed by atoms with van der Waals surface area (Å²) in [6, 6.07) is 18.8. The molecule has 0 aliphatic carbocycles. The van der Waals surface area contributed by atoms with Gasteiger partial charge in [-0.15, -0.1) is 0 Å². The highest BCUT2D eigenvalue weighted by Gasteiger charge is 2.28. The molecular formula is C29H38N2O3. The molecule has 5 heteroatoms. The lowest BCUT2D eigenvalue weighted by atomic mass is 10.0. The van der Waals surface area contributed by atoms with E-state index in [1.165, 1.54) is 5.56 Å². The van der Waals surface area contributed by atoms with Gasteiger partial charge >= 0.3 is 0 Å². The molecule has 1 saturated heterocycles. The second kappa shape index (κ2) is 12.2. The summed E-state index contributed by atoms with van der Waals surface area (Å²) >= 11 is 0. The molecule has 4 rings (SSSR count). The van der Waals surface area contributed by atoms with Crippen LogP contribution in [0.5, 0.6) is 0 Å². The number of likely N-dealkylation sites (tertiary alicyclic amines) is 1. The van der Waals surface area contributed by atoms with Crippen LogP contribution in [0.25, 0.3) is 11.0 Å². The van der Waals surface area contributed by atoms with Crippen molar-refractivity contribution >= 4 is 16.9 Å². The van der Waals surface area contributed by atoms with Crippen molar-refractivity contribution < 1.29 is 13.9 Å². The molecule has 3 aromatic rings. The Bertz CT molecular complexity index is 1040. The van der Waals surface area contributed by atoms with Gasteiger partial charge in [-0.1, -0.05) is 61.9 Å². The molecule has 0 radical (unpaired) electrons. The number of nitrogens with one attached hydrogen (secondary N) is 1. The van der Waals surface area contributed by atoms with Gasteiger partial charge in [-0.2, -0.15) is 0 Å². The number of nitrogens with zero attached hydrogens (tertiary/aromatic N) is 1. The Kier molecular flexibility index (Phi) is 8.78. The molecule has 0 unspecified atom stereocenters. The molecule has 1 fully saturated rings. The van der Waals surface area contributed by atoms with Gasteiger partial charge in [0.1, 0.15) is 11.3 Å². The highest BCUT2D eigenvalue weighted by Crippen LogP contribution is 2.29. The minimum atomic E-state index is 0.105. The molecule has 0 bridgehead atoms. The monoisotopic (exact) mass is 462 g/mol. The maximum absolute atomic E-state index is 13.5. The van der Waals surface area contributed by atoms with Crippen LogP contribution in [-0.4, -0.2) is 43.2 Å². The van der Waals surface area contributed by atoms with Gasteiger partial charge in [0.2, 0.25) is 0 Å². The van der Waals surface area contributed by atoms with Gasteiger partial charge in [0.05, 0.1) is 11.7 Å². The summed E-state index contributed by atoms with van der Waals surface area (Å²) in [5.41, 5.74) is 2.89. The van der Waals surface area contributed by atoms with E-state index in [0.717, 1.165) is 87.1 Å². The largest absolute Gasteiger partial charge is 0.460 e. The Morgan fingerprint density at radius 2 is 1.82 bits per heavy atom. The fourth-order valence-electron chi connectivity index (χ4n) is 4.73. The third-order valence-electron chi connectivity index (χ3n) is 6.79. The van der Waals surface area contributed by atoms with Crippen LogP contribution in [-0.2, 0) is 11.2 Å². The van der Waals surface area contributed by atoms with E-state index in [9.17, 15) is 4.79 Å². The van der Waals surface area contributed by atoms with Crippen LogP contribution >= 0.6 is 0 Å². The fourth-order valence-corrected chi connectivity index (χ4v) is 4.73. The molecule has 1 amide bonds. The van der Waals surface area contributed by atoms with E-state index in [0.29, 0.717) is 6.04 Å². The topological polar surface area (TPSA) is 54.7 Å². The molecule has 2 heterocycles. The number of piperidine rings is 1. The molecule has 2 aromatic carbocycles. The van der Waals surface area contributed by atoms with Crippen LogP contribution in [0.15, 0.2) is 59.0 Å². The molecule has 5 nitrogen and oxygen atoms in total. The molecule has 1 N–H and O–H groups in total. The molecule has 1 aromatic heterocycles. The standard InChI is InChI=1S/C29H38N2O3/c1-3-4-14-27-28(25-13-8-9-15-26(25)34-27)29(32)31-19-16-24(17-20-31)33-21-10-18-30-22(2)23-11-6-5-7-12-23/h5-9,11-13,15,22,24,30H,3-4,10,14,16-21H2,1-2H3/t22-/m0/s1. The van der Waals surface area contributed by atoms with Crippen LogP contribution in [0.1, 0.15) is 73.7 Å². The number of carbonyl (C=O) groups is 1. The first kappa shape index (κ1) is 24.5. The number of amides is 1. The maximum atomic E-state index is 13.5. The second-order valence-electron chi connectivity index (χ2n) is 9.30. The number of benzene rings is 2. The van der Waals surface area contributed by atoms with E-state index >= 15 is 0 Å². The molecule has 0 saturated carbocycles. The van der Waals surface area contributed by atoms with Crippen molar-refractivity contribution in [2.45, 2.75) is 64.5 Å². The molecule has 1 aliphatic rings. The number of carbonyl (C=O) groups excluding carboxylic acids is 1. The highest BCUT2D eigenvalue weighted by atomic mass is 16.5. The summed E-state index contributed by atoms with van der Waals surface area (Å²) in [6.07, 6.45) is 5.90. The predicted molar refractivity (Wildman–Crippen MR) is 137 cm³/mol. The average Bonchev–Trinajstić information content (AvgIpc) is 3.26. The quantitative estimate of drug-likeness (QED) is 0.348. The molecular weight excluding hydrogens is 424 g/mol. The van der Waals surface area contributed by atoms with Crippen LogP contribution in [0.2, 0.25) is 0 Å². The van der Waals surface area contributed by atoms with Crippen molar-refractivity contribution in [3.05, 3.63) is 71.5 Å². The van der Waals surface area contributed by atoms with Crippen molar-refractivity contribution in [2.24, 2.45) is 0 Å². The summed E-state index contributed by atoms with van der Waals surface area (Å²) in [7, 11) is 0. The summed E-state index contributed by atoms with van der Waals surface area (Å²) in [4.78, 5) is 15.4. The van der Waals surface area contributed by atoms with Gasteiger partial charge in [-0.3, -0.25) is 4.79 Å². The normalized spacial score (nSPS) is 15.6. The SMILES string of the molecule is CCCCc1oc2ccccc2c1C(=O)N1CCC(OCCCN[C@@H](C)c2ccccc2)CC1. The number of hydrogen-bond acceptors (Lipinski definition) is 4. The Labute approximate surface area is 203 Å². The highest BCUT2D eigenvalue weighted by molar-refractivity contribution is 6.07.